The number of hydrogen-bond acceptors (Lipinski definition) is 3. The Balaban J connectivity index is 2.89. The van der Waals surface area contributed by atoms with Gasteiger partial charge in [0.05, 0.1) is 0 Å². The van der Waals surface area contributed by atoms with Crippen molar-refractivity contribution in [1.29, 1.82) is 0 Å². The maximum absolute atomic E-state index is 11.2. The second-order valence-corrected chi connectivity index (χ2v) is 8.80. The van der Waals surface area contributed by atoms with Gasteiger partial charge < -0.3 is 14.6 Å². The maximum atomic E-state index is 11.2. The lowest BCUT2D eigenvalue weighted by atomic mass is 10.2. The number of ether oxygens (including phenoxy) is 2. The fourth-order valence-electron chi connectivity index (χ4n) is 1.22. The minimum Gasteiger partial charge on any atom is -0.489 e. The van der Waals surface area contributed by atoms with Crippen LogP contribution in [0, 0.1) is 0 Å². The number of hydrogen-bond donors (Lipinski definition) is 1. The molecule has 0 radical (unpaired) electrons. The summed E-state index contributed by atoms with van der Waals surface area (Å²) in [4.78, 5) is 11.2. The Bertz CT molecular complexity index is 508. The molecule has 0 fully saturated rings. The lowest BCUT2D eigenvalue weighted by molar-refractivity contribution is 0.0691. The predicted molar refractivity (Wildman–Crippen MR) is 85.0 cm³/mol. The maximum Gasteiger partial charge on any atom is 0.339 e. The molecular formula is C11H8Cl6O4. The molecule has 1 rings (SSSR count). The summed E-state index contributed by atoms with van der Waals surface area (Å²) in [5.74, 6) is -1.02. The summed E-state index contributed by atoms with van der Waals surface area (Å²) in [7, 11) is 0. The molecule has 0 unspecified atom stereocenters. The van der Waals surface area contributed by atoms with Gasteiger partial charge in [-0.2, -0.15) is 0 Å². The highest BCUT2D eigenvalue weighted by atomic mass is 35.6. The molecule has 0 aromatic heterocycles. The zero-order valence-corrected chi connectivity index (χ0v) is 14.6. The molecule has 0 aliphatic heterocycles. The summed E-state index contributed by atoms with van der Waals surface area (Å²) in [6.45, 7) is -0.558. The summed E-state index contributed by atoms with van der Waals surface area (Å²) in [6, 6.07) is 4.01. The van der Waals surface area contributed by atoms with Crippen LogP contribution in [-0.2, 0) is 0 Å². The van der Waals surface area contributed by atoms with Crippen molar-refractivity contribution in [3.8, 4) is 11.5 Å². The van der Waals surface area contributed by atoms with E-state index in [1.807, 2.05) is 0 Å². The van der Waals surface area contributed by atoms with Crippen molar-refractivity contribution < 1.29 is 19.4 Å². The highest BCUT2D eigenvalue weighted by Gasteiger charge is 2.24. The van der Waals surface area contributed by atoms with Crippen LogP contribution < -0.4 is 9.47 Å². The molecule has 1 aromatic carbocycles. The lowest BCUT2D eigenvalue weighted by Crippen LogP contribution is -2.17. The first kappa shape index (κ1) is 19.1. The molecule has 0 atom stereocenters. The van der Waals surface area contributed by atoms with Gasteiger partial charge in [0.15, 0.2) is 0 Å². The van der Waals surface area contributed by atoms with Gasteiger partial charge in [-0.15, -0.1) is 0 Å². The number of benzene rings is 1. The van der Waals surface area contributed by atoms with E-state index >= 15 is 0 Å². The largest absolute Gasteiger partial charge is 0.489 e. The van der Waals surface area contributed by atoms with Crippen molar-refractivity contribution in [2.45, 2.75) is 7.59 Å². The van der Waals surface area contributed by atoms with Gasteiger partial charge in [0.25, 0.3) is 0 Å². The number of carboxylic acids is 1. The molecule has 0 aliphatic carbocycles. The summed E-state index contributed by atoms with van der Waals surface area (Å²) < 4.78 is 7.04. The Labute approximate surface area is 150 Å². The van der Waals surface area contributed by atoms with Crippen LogP contribution in [0.25, 0.3) is 0 Å². The van der Waals surface area contributed by atoms with Crippen molar-refractivity contribution in [3.05, 3.63) is 23.8 Å². The monoisotopic (exact) mass is 414 g/mol. The first-order valence-electron chi connectivity index (χ1n) is 5.24. The summed E-state index contributed by atoms with van der Waals surface area (Å²) in [5, 5.41) is 9.13. The molecule has 21 heavy (non-hydrogen) atoms. The molecule has 10 heteroatoms. The van der Waals surface area contributed by atoms with Gasteiger partial charge in [0, 0.05) is 0 Å². The second kappa shape index (κ2) is 7.53. The van der Waals surface area contributed by atoms with Crippen LogP contribution in [0.5, 0.6) is 11.5 Å². The minimum absolute atomic E-state index is 0.0232. The Hall–Kier alpha value is 0.0300. The number of alkyl halides is 6. The van der Waals surface area contributed by atoms with Gasteiger partial charge in [0.2, 0.25) is 7.59 Å². The first-order chi connectivity index (χ1) is 9.48. The van der Waals surface area contributed by atoms with Crippen molar-refractivity contribution >= 4 is 75.6 Å². The zero-order chi connectivity index (χ0) is 16.3. The van der Waals surface area contributed by atoms with E-state index in [2.05, 4.69) is 0 Å². The van der Waals surface area contributed by atoms with E-state index in [9.17, 15) is 4.79 Å². The quantitative estimate of drug-likeness (QED) is 0.695. The van der Waals surface area contributed by atoms with Crippen LogP contribution >= 0.6 is 69.6 Å². The summed E-state index contributed by atoms with van der Waals surface area (Å²) in [6.07, 6.45) is 0. The molecule has 0 amide bonds. The van der Waals surface area contributed by atoms with Crippen LogP contribution in [-0.4, -0.2) is 31.9 Å². The second-order valence-electron chi connectivity index (χ2n) is 3.77. The first-order valence-corrected chi connectivity index (χ1v) is 7.51. The fourth-order valence-corrected chi connectivity index (χ4v) is 1.54. The number of carboxylic acid groups (broad SMARTS) is 1. The van der Waals surface area contributed by atoms with Gasteiger partial charge in [0.1, 0.15) is 30.3 Å². The van der Waals surface area contributed by atoms with Gasteiger partial charge in [-0.1, -0.05) is 69.6 Å². The molecule has 0 bridgehead atoms. The van der Waals surface area contributed by atoms with E-state index in [1.54, 1.807) is 0 Å². The topological polar surface area (TPSA) is 55.8 Å². The van der Waals surface area contributed by atoms with Crippen LogP contribution in [0.3, 0.4) is 0 Å². The van der Waals surface area contributed by atoms with E-state index < -0.39 is 13.6 Å². The number of aromatic carboxylic acids is 1. The minimum atomic E-state index is -1.67. The van der Waals surface area contributed by atoms with Crippen molar-refractivity contribution in [1.82, 2.24) is 0 Å². The van der Waals surface area contributed by atoms with Crippen molar-refractivity contribution in [2.75, 3.05) is 13.2 Å². The van der Waals surface area contributed by atoms with Gasteiger partial charge in [-0.3, -0.25) is 0 Å². The molecule has 4 nitrogen and oxygen atoms in total. The number of rotatable bonds is 5. The molecule has 118 valence electrons. The molecule has 1 N–H and O–H groups in total. The molecule has 1 aromatic rings. The zero-order valence-electron chi connectivity index (χ0n) is 10.1. The SMILES string of the molecule is O=C(O)c1cc(OCC(Cl)(Cl)Cl)ccc1OCC(Cl)(Cl)Cl. The van der Waals surface area contributed by atoms with Gasteiger partial charge in [-0.25, -0.2) is 4.79 Å². The average molecular weight is 417 g/mol. The third-order valence-electron chi connectivity index (χ3n) is 1.98. The summed E-state index contributed by atoms with van der Waals surface area (Å²) in [5.41, 5.74) is -0.175. The van der Waals surface area contributed by atoms with Crippen molar-refractivity contribution in [3.63, 3.8) is 0 Å². The van der Waals surface area contributed by atoms with E-state index in [1.165, 1.54) is 18.2 Å². The highest BCUT2D eigenvalue weighted by Crippen LogP contribution is 2.31. The van der Waals surface area contributed by atoms with E-state index in [-0.39, 0.29) is 30.3 Å². The third-order valence-corrected chi connectivity index (χ3v) is 2.63. The third kappa shape index (κ3) is 7.73. The van der Waals surface area contributed by atoms with E-state index in [4.69, 9.17) is 84.2 Å². The van der Waals surface area contributed by atoms with Crippen LogP contribution in [0.2, 0.25) is 0 Å². The van der Waals surface area contributed by atoms with Crippen molar-refractivity contribution in [2.24, 2.45) is 0 Å². The Kier molecular flexibility index (Phi) is 6.84. The smallest absolute Gasteiger partial charge is 0.339 e. The van der Waals surface area contributed by atoms with Gasteiger partial charge >= 0.3 is 5.97 Å². The molecule has 0 saturated carbocycles. The molecule has 0 aliphatic rings. The molecule has 0 saturated heterocycles. The van der Waals surface area contributed by atoms with E-state index in [0.29, 0.717) is 0 Å². The molecule has 0 spiro atoms. The summed E-state index contributed by atoms with van der Waals surface area (Å²) >= 11 is 33.2. The van der Waals surface area contributed by atoms with E-state index in [0.717, 1.165) is 0 Å². The highest BCUT2D eigenvalue weighted by molar-refractivity contribution is 6.68. The number of halogens is 6. The number of carbonyl (C=O) groups is 1. The van der Waals surface area contributed by atoms with Gasteiger partial charge in [-0.05, 0) is 18.2 Å². The normalized spacial score (nSPS) is 12.1. The lowest BCUT2D eigenvalue weighted by Gasteiger charge is -2.16. The predicted octanol–water partition coefficient (Wildman–Crippen LogP) is 4.88. The fraction of sp³-hybridized carbons (Fsp3) is 0.364. The molecule has 0 heterocycles. The molecular weight excluding hydrogens is 409 g/mol. The van der Waals surface area contributed by atoms with Crippen LogP contribution in [0.4, 0.5) is 0 Å². The van der Waals surface area contributed by atoms with Crippen LogP contribution in [0.15, 0.2) is 18.2 Å². The van der Waals surface area contributed by atoms with Crippen LogP contribution in [0.1, 0.15) is 10.4 Å². The Morgan fingerprint density at radius 3 is 2.00 bits per heavy atom. The standard InChI is InChI=1S/C11H8Cl6O4/c12-10(13,14)4-20-6-1-2-8(7(3-6)9(18)19)21-5-11(15,16)17/h1-3H,4-5H2,(H,18,19). The average Bonchev–Trinajstić information content (AvgIpc) is 2.32. The Morgan fingerprint density at radius 2 is 1.52 bits per heavy atom. The Morgan fingerprint density at radius 1 is 1.00 bits per heavy atom.